The molecule has 0 amide bonds. The van der Waals surface area contributed by atoms with Gasteiger partial charge in [0.05, 0.1) is 0 Å². The Hall–Kier alpha value is -0.0800. The molecule has 2 fully saturated rings. The normalized spacial score (nSPS) is 27.8. The molecule has 2 heteroatoms. The highest BCUT2D eigenvalue weighted by atomic mass is 15.1. The highest BCUT2D eigenvalue weighted by molar-refractivity contribution is 4.87. The van der Waals surface area contributed by atoms with Crippen LogP contribution in [0.15, 0.2) is 0 Å². The molecule has 70 valence electrons. The van der Waals surface area contributed by atoms with Crippen LogP contribution < -0.4 is 5.32 Å². The zero-order valence-electron chi connectivity index (χ0n) is 8.05. The van der Waals surface area contributed by atoms with E-state index in [4.69, 9.17) is 0 Å². The van der Waals surface area contributed by atoms with Gasteiger partial charge in [0.25, 0.3) is 0 Å². The highest BCUT2D eigenvalue weighted by Gasteiger charge is 2.26. The van der Waals surface area contributed by atoms with E-state index in [1.807, 2.05) is 0 Å². The van der Waals surface area contributed by atoms with Crippen molar-refractivity contribution >= 4 is 0 Å². The first-order chi connectivity index (χ1) is 5.88. The molecule has 0 aromatic heterocycles. The van der Waals surface area contributed by atoms with Crippen molar-refractivity contribution in [3.05, 3.63) is 0 Å². The minimum atomic E-state index is 0.834. The lowest BCUT2D eigenvalue weighted by atomic mass is 10.1. The number of hydrogen-bond donors (Lipinski definition) is 1. The SMILES string of the molecule is CCN1CCC(NC2CC2)CC1. The molecule has 2 aliphatic rings. The number of rotatable bonds is 3. The molecule has 2 nitrogen and oxygen atoms in total. The molecule has 1 saturated carbocycles. The van der Waals surface area contributed by atoms with E-state index in [2.05, 4.69) is 17.1 Å². The van der Waals surface area contributed by atoms with Crippen molar-refractivity contribution in [1.29, 1.82) is 0 Å². The molecule has 1 aliphatic heterocycles. The number of likely N-dealkylation sites (tertiary alicyclic amines) is 1. The van der Waals surface area contributed by atoms with Crippen LogP contribution >= 0.6 is 0 Å². The first-order valence-corrected chi connectivity index (χ1v) is 5.37. The van der Waals surface area contributed by atoms with E-state index in [0.717, 1.165) is 12.1 Å². The first kappa shape index (κ1) is 8.52. The predicted molar refractivity (Wildman–Crippen MR) is 51.3 cm³/mol. The molecule has 1 saturated heterocycles. The molecule has 0 unspecified atom stereocenters. The summed E-state index contributed by atoms with van der Waals surface area (Å²) in [7, 11) is 0. The fourth-order valence-electron chi connectivity index (χ4n) is 2.00. The molecule has 1 heterocycles. The van der Waals surface area contributed by atoms with Crippen LogP contribution in [-0.2, 0) is 0 Å². The first-order valence-electron chi connectivity index (χ1n) is 5.37. The summed E-state index contributed by atoms with van der Waals surface area (Å²) in [5.74, 6) is 0. The Kier molecular flexibility index (Phi) is 2.66. The maximum Gasteiger partial charge on any atom is 0.00940 e. The summed E-state index contributed by atoms with van der Waals surface area (Å²) in [5.41, 5.74) is 0. The third-order valence-corrected chi connectivity index (χ3v) is 3.08. The predicted octanol–water partition coefficient (Wildman–Crippen LogP) is 1.22. The molecular weight excluding hydrogens is 148 g/mol. The van der Waals surface area contributed by atoms with Crippen LogP contribution in [0.4, 0.5) is 0 Å². The van der Waals surface area contributed by atoms with Gasteiger partial charge in [0.15, 0.2) is 0 Å². The second-order valence-corrected chi connectivity index (χ2v) is 4.15. The maximum atomic E-state index is 3.71. The zero-order chi connectivity index (χ0) is 8.39. The van der Waals surface area contributed by atoms with E-state index in [1.54, 1.807) is 0 Å². The lowest BCUT2D eigenvalue weighted by Gasteiger charge is -2.31. The molecule has 0 bridgehead atoms. The van der Waals surface area contributed by atoms with Gasteiger partial charge in [-0.3, -0.25) is 0 Å². The largest absolute Gasteiger partial charge is 0.311 e. The van der Waals surface area contributed by atoms with Crippen LogP contribution in [0.1, 0.15) is 32.6 Å². The van der Waals surface area contributed by atoms with E-state index in [9.17, 15) is 0 Å². The van der Waals surface area contributed by atoms with E-state index in [0.29, 0.717) is 0 Å². The summed E-state index contributed by atoms with van der Waals surface area (Å²) < 4.78 is 0. The van der Waals surface area contributed by atoms with Gasteiger partial charge in [0.1, 0.15) is 0 Å². The van der Waals surface area contributed by atoms with Crippen LogP contribution in [0.2, 0.25) is 0 Å². The summed E-state index contributed by atoms with van der Waals surface area (Å²) in [6.45, 7) is 6.10. The Labute approximate surface area is 75.3 Å². The Bertz CT molecular complexity index is 135. The zero-order valence-corrected chi connectivity index (χ0v) is 8.05. The van der Waals surface area contributed by atoms with Crippen LogP contribution in [0.25, 0.3) is 0 Å². The van der Waals surface area contributed by atoms with Gasteiger partial charge in [-0.25, -0.2) is 0 Å². The van der Waals surface area contributed by atoms with Gasteiger partial charge < -0.3 is 10.2 Å². The fourth-order valence-corrected chi connectivity index (χ4v) is 2.00. The molecule has 0 spiro atoms. The lowest BCUT2D eigenvalue weighted by molar-refractivity contribution is 0.206. The second-order valence-electron chi connectivity index (χ2n) is 4.15. The smallest absolute Gasteiger partial charge is 0.00940 e. The number of nitrogens with zero attached hydrogens (tertiary/aromatic N) is 1. The van der Waals surface area contributed by atoms with Gasteiger partial charge in [-0.1, -0.05) is 6.92 Å². The average Bonchev–Trinajstić information content (AvgIpc) is 2.90. The summed E-state index contributed by atoms with van der Waals surface area (Å²) in [5, 5.41) is 3.71. The third-order valence-electron chi connectivity index (χ3n) is 3.08. The molecule has 2 rings (SSSR count). The number of hydrogen-bond acceptors (Lipinski definition) is 2. The van der Waals surface area contributed by atoms with Gasteiger partial charge >= 0.3 is 0 Å². The quantitative estimate of drug-likeness (QED) is 0.681. The van der Waals surface area contributed by atoms with Crippen LogP contribution in [0.5, 0.6) is 0 Å². The van der Waals surface area contributed by atoms with Crippen LogP contribution in [-0.4, -0.2) is 36.6 Å². The molecule has 12 heavy (non-hydrogen) atoms. The van der Waals surface area contributed by atoms with Crippen molar-refractivity contribution in [3.63, 3.8) is 0 Å². The van der Waals surface area contributed by atoms with E-state index >= 15 is 0 Å². The van der Waals surface area contributed by atoms with Crippen LogP contribution in [0.3, 0.4) is 0 Å². The Morgan fingerprint density at radius 2 is 1.67 bits per heavy atom. The molecule has 0 aromatic rings. The molecule has 1 N–H and O–H groups in total. The molecule has 1 aliphatic carbocycles. The standard InChI is InChI=1S/C10H20N2/c1-2-12-7-5-10(6-8-12)11-9-3-4-9/h9-11H,2-8H2,1H3. The van der Waals surface area contributed by atoms with Gasteiger partial charge in [0, 0.05) is 12.1 Å². The minimum Gasteiger partial charge on any atom is -0.311 e. The van der Waals surface area contributed by atoms with Gasteiger partial charge in [-0.2, -0.15) is 0 Å². The Morgan fingerprint density at radius 3 is 2.17 bits per heavy atom. The summed E-state index contributed by atoms with van der Waals surface area (Å²) in [6, 6.07) is 1.73. The van der Waals surface area contributed by atoms with Crippen LogP contribution in [0, 0.1) is 0 Å². The maximum absolute atomic E-state index is 3.71. The summed E-state index contributed by atoms with van der Waals surface area (Å²) >= 11 is 0. The van der Waals surface area contributed by atoms with E-state index < -0.39 is 0 Å². The number of piperidine rings is 1. The fraction of sp³-hybridized carbons (Fsp3) is 1.00. The monoisotopic (exact) mass is 168 g/mol. The number of nitrogens with one attached hydrogen (secondary N) is 1. The van der Waals surface area contributed by atoms with Crippen molar-refractivity contribution in [1.82, 2.24) is 10.2 Å². The van der Waals surface area contributed by atoms with Gasteiger partial charge in [-0.05, 0) is 45.3 Å². The van der Waals surface area contributed by atoms with Crippen molar-refractivity contribution in [2.75, 3.05) is 19.6 Å². The van der Waals surface area contributed by atoms with Crippen molar-refractivity contribution in [2.45, 2.75) is 44.7 Å². The average molecular weight is 168 g/mol. The van der Waals surface area contributed by atoms with Gasteiger partial charge in [-0.15, -0.1) is 0 Å². The molecular formula is C10H20N2. The van der Waals surface area contributed by atoms with Crippen molar-refractivity contribution in [3.8, 4) is 0 Å². The highest BCUT2D eigenvalue weighted by Crippen LogP contribution is 2.22. The second kappa shape index (κ2) is 3.75. The van der Waals surface area contributed by atoms with Crippen molar-refractivity contribution in [2.24, 2.45) is 0 Å². The van der Waals surface area contributed by atoms with Gasteiger partial charge in [0.2, 0.25) is 0 Å². The Balaban J connectivity index is 1.66. The lowest BCUT2D eigenvalue weighted by Crippen LogP contribution is -2.43. The van der Waals surface area contributed by atoms with Crippen molar-refractivity contribution < 1.29 is 0 Å². The molecule has 0 radical (unpaired) electrons. The van der Waals surface area contributed by atoms with E-state index in [-0.39, 0.29) is 0 Å². The third kappa shape index (κ3) is 2.20. The minimum absolute atomic E-state index is 0.834. The molecule has 0 aromatic carbocycles. The van der Waals surface area contributed by atoms with E-state index in [1.165, 1.54) is 45.3 Å². The molecule has 0 atom stereocenters. The summed E-state index contributed by atoms with van der Waals surface area (Å²) in [4.78, 5) is 2.55. The Morgan fingerprint density at radius 1 is 1.08 bits per heavy atom. The topological polar surface area (TPSA) is 15.3 Å². The summed E-state index contributed by atoms with van der Waals surface area (Å²) in [6.07, 6.45) is 5.58.